The molecule has 0 spiro atoms. The van der Waals surface area contributed by atoms with E-state index in [-0.39, 0.29) is 30.0 Å². The van der Waals surface area contributed by atoms with Crippen LogP contribution in [0, 0.1) is 0 Å². The van der Waals surface area contributed by atoms with E-state index in [0.29, 0.717) is 18.5 Å². The number of ether oxygens (including phenoxy) is 1. The lowest BCUT2D eigenvalue weighted by Gasteiger charge is -2.38. The molecule has 0 radical (unpaired) electrons. The average Bonchev–Trinajstić information content (AvgIpc) is 2.47. The van der Waals surface area contributed by atoms with Crippen LogP contribution in [0.15, 0.2) is 46.9 Å². The normalized spacial score (nSPS) is 17.6. The molecule has 3 rings (SSSR count). The van der Waals surface area contributed by atoms with Gasteiger partial charge in [0.25, 0.3) is 0 Å². The fourth-order valence-corrected chi connectivity index (χ4v) is 3.53. The lowest BCUT2D eigenvalue weighted by molar-refractivity contribution is -0.121. The van der Waals surface area contributed by atoms with Crippen molar-refractivity contribution in [3.63, 3.8) is 0 Å². The first-order valence-electron chi connectivity index (χ1n) is 7.95. The van der Waals surface area contributed by atoms with Crippen molar-refractivity contribution in [1.82, 2.24) is 5.32 Å². The average molecular weight is 426 g/mol. The van der Waals surface area contributed by atoms with Crippen LogP contribution in [0.4, 0.5) is 5.69 Å². The number of rotatable bonds is 3. The first-order chi connectivity index (χ1) is 11.3. The van der Waals surface area contributed by atoms with E-state index in [0.717, 1.165) is 21.3 Å². The summed E-state index contributed by atoms with van der Waals surface area (Å²) in [6.07, 6.45) is 1.04. The van der Waals surface area contributed by atoms with Gasteiger partial charge in [0.2, 0.25) is 5.91 Å². The Kier molecular flexibility index (Phi) is 6.01. The van der Waals surface area contributed by atoms with Gasteiger partial charge in [-0.05, 0) is 49.7 Å². The SMILES string of the molecule is CC1(C)CC(NC(=O)Cc2cccc(Br)c2)c2cc(N)ccc2O1.Cl. The molecule has 1 heterocycles. The van der Waals surface area contributed by atoms with Gasteiger partial charge in [0.1, 0.15) is 11.4 Å². The second-order valence-electron chi connectivity index (χ2n) is 6.79. The summed E-state index contributed by atoms with van der Waals surface area (Å²) in [5, 5.41) is 3.14. The monoisotopic (exact) mass is 424 g/mol. The Hall–Kier alpha value is -1.72. The molecule has 0 saturated heterocycles. The van der Waals surface area contributed by atoms with Crippen molar-refractivity contribution in [3.8, 4) is 5.75 Å². The molecule has 134 valence electrons. The van der Waals surface area contributed by atoms with Crippen molar-refractivity contribution in [2.45, 2.75) is 38.3 Å². The Morgan fingerprint density at radius 1 is 1.32 bits per heavy atom. The number of carbonyl (C=O) groups is 1. The first kappa shape index (κ1) is 19.6. The number of hydrogen-bond acceptors (Lipinski definition) is 3. The van der Waals surface area contributed by atoms with Crippen LogP contribution in [0.2, 0.25) is 0 Å². The first-order valence-corrected chi connectivity index (χ1v) is 8.74. The molecule has 2 aromatic carbocycles. The highest BCUT2D eigenvalue weighted by Crippen LogP contribution is 2.40. The molecular weight excluding hydrogens is 404 g/mol. The van der Waals surface area contributed by atoms with Gasteiger partial charge < -0.3 is 15.8 Å². The van der Waals surface area contributed by atoms with Crippen molar-refractivity contribution < 1.29 is 9.53 Å². The van der Waals surface area contributed by atoms with Crippen molar-refractivity contribution in [2.24, 2.45) is 0 Å². The molecular formula is C19H22BrClN2O2. The molecule has 4 nitrogen and oxygen atoms in total. The summed E-state index contributed by atoms with van der Waals surface area (Å²) in [5.41, 5.74) is 8.16. The highest BCUT2D eigenvalue weighted by molar-refractivity contribution is 9.10. The molecule has 3 N–H and O–H groups in total. The molecule has 0 aromatic heterocycles. The Bertz CT molecular complexity index is 780. The summed E-state index contributed by atoms with van der Waals surface area (Å²) >= 11 is 3.43. The Morgan fingerprint density at radius 3 is 2.80 bits per heavy atom. The van der Waals surface area contributed by atoms with Crippen molar-refractivity contribution >= 4 is 39.9 Å². The van der Waals surface area contributed by atoms with E-state index < -0.39 is 0 Å². The largest absolute Gasteiger partial charge is 0.487 e. The number of nitrogens with two attached hydrogens (primary N) is 1. The zero-order valence-electron chi connectivity index (χ0n) is 14.2. The Balaban J connectivity index is 0.00000225. The quantitative estimate of drug-likeness (QED) is 0.716. The number of fused-ring (bicyclic) bond motifs is 1. The zero-order valence-corrected chi connectivity index (χ0v) is 16.6. The van der Waals surface area contributed by atoms with E-state index >= 15 is 0 Å². The van der Waals surface area contributed by atoms with Crippen LogP contribution >= 0.6 is 28.3 Å². The van der Waals surface area contributed by atoms with Gasteiger partial charge in [-0.3, -0.25) is 4.79 Å². The van der Waals surface area contributed by atoms with E-state index in [4.69, 9.17) is 10.5 Å². The van der Waals surface area contributed by atoms with Gasteiger partial charge in [-0.1, -0.05) is 28.1 Å². The maximum atomic E-state index is 12.5. The van der Waals surface area contributed by atoms with Crippen LogP contribution in [0.3, 0.4) is 0 Å². The predicted octanol–water partition coefficient (Wildman–Crippen LogP) is 4.41. The number of hydrogen-bond donors (Lipinski definition) is 2. The van der Waals surface area contributed by atoms with E-state index in [1.165, 1.54) is 0 Å². The van der Waals surface area contributed by atoms with E-state index in [9.17, 15) is 4.79 Å². The second kappa shape index (κ2) is 7.67. The highest BCUT2D eigenvalue weighted by atomic mass is 79.9. The van der Waals surface area contributed by atoms with E-state index in [1.807, 2.05) is 56.3 Å². The van der Waals surface area contributed by atoms with Crippen LogP contribution in [0.25, 0.3) is 0 Å². The van der Waals surface area contributed by atoms with Crippen LogP contribution in [-0.4, -0.2) is 11.5 Å². The minimum absolute atomic E-state index is 0. The van der Waals surface area contributed by atoms with Crippen LogP contribution < -0.4 is 15.8 Å². The van der Waals surface area contributed by atoms with Crippen LogP contribution in [0.1, 0.15) is 37.4 Å². The third-order valence-electron chi connectivity index (χ3n) is 4.08. The standard InChI is InChI=1S/C19H21BrN2O2.ClH/c1-19(2)11-16(15-10-14(21)6-7-17(15)24-19)22-18(23)9-12-4-3-5-13(20)8-12;/h3-8,10,16H,9,11,21H2,1-2H3,(H,22,23);1H. The lowest BCUT2D eigenvalue weighted by Crippen LogP contribution is -2.41. The van der Waals surface area contributed by atoms with Gasteiger partial charge in [0.05, 0.1) is 12.5 Å². The fraction of sp³-hybridized carbons (Fsp3) is 0.316. The smallest absolute Gasteiger partial charge is 0.224 e. The summed E-state index contributed by atoms with van der Waals surface area (Å²) in [5.74, 6) is 0.775. The third-order valence-corrected chi connectivity index (χ3v) is 4.57. The topological polar surface area (TPSA) is 64.4 Å². The van der Waals surface area contributed by atoms with Gasteiger partial charge in [-0.15, -0.1) is 12.4 Å². The lowest BCUT2D eigenvalue weighted by atomic mass is 9.89. The van der Waals surface area contributed by atoms with Gasteiger partial charge in [-0.25, -0.2) is 0 Å². The van der Waals surface area contributed by atoms with E-state index in [2.05, 4.69) is 21.2 Å². The highest BCUT2D eigenvalue weighted by Gasteiger charge is 2.34. The third kappa shape index (κ3) is 4.89. The number of anilines is 1. The Labute approximate surface area is 162 Å². The minimum Gasteiger partial charge on any atom is -0.487 e. The molecule has 6 heteroatoms. The summed E-state index contributed by atoms with van der Waals surface area (Å²) < 4.78 is 6.98. The van der Waals surface area contributed by atoms with Crippen LogP contribution in [0.5, 0.6) is 5.75 Å². The number of nitrogen functional groups attached to an aromatic ring is 1. The Morgan fingerprint density at radius 2 is 2.08 bits per heavy atom. The number of carbonyl (C=O) groups excluding carboxylic acids is 1. The molecule has 0 saturated carbocycles. The minimum atomic E-state index is -0.336. The van der Waals surface area contributed by atoms with Crippen molar-refractivity contribution in [2.75, 3.05) is 5.73 Å². The predicted molar refractivity (Wildman–Crippen MR) is 106 cm³/mol. The molecule has 1 atom stereocenters. The summed E-state index contributed by atoms with van der Waals surface area (Å²) in [6, 6.07) is 13.3. The van der Waals surface area contributed by atoms with Gasteiger partial charge in [0.15, 0.2) is 0 Å². The summed E-state index contributed by atoms with van der Waals surface area (Å²) in [7, 11) is 0. The molecule has 2 aromatic rings. The molecule has 1 aliphatic heterocycles. The summed E-state index contributed by atoms with van der Waals surface area (Å²) in [4.78, 5) is 12.5. The van der Waals surface area contributed by atoms with Crippen molar-refractivity contribution in [1.29, 1.82) is 0 Å². The molecule has 1 unspecified atom stereocenters. The maximum absolute atomic E-state index is 12.5. The molecule has 25 heavy (non-hydrogen) atoms. The second-order valence-corrected chi connectivity index (χ2v) is 7.71. The molecule has 0 fully saturated rings. The van der Waals surface area contributed by atoms with Gasteiger partial charge in [0, 0.05) is 22.1 Å². The summed E-state index contributed by atoms with van der Waals surface area (Å²) in [6.45, 7) is 4.06. The maximum Gasteiger partial charge on any atom is 0.224 e. The molecule has 0 bridgehead atoms. The van der Waals surface area contributed by atoms with Crippen LogP contribution in [-0.2, 0) is 11.2 Å². The molecule has 0 aliphatic carbocycles. The number of benzene rings is 2. The number of halogens is 2. The van der Waals surface area contributed by atoms with Crippen molar-refractivity contribution in [3.05, 3.63) is 58.1 Å². The van der Waals surface area contributed by atoms with Gasteiger partial charge >= 0.3 is 0 Å². The number of amides is 1. The zero-order chi connectivity index (χ0) is 17.3. The van der Waals surface area contributed by atoms with Gasteiger partial charge in [-0.2, -0.15) is 0 Å². The number of nitrogens with one attached hydrogen (secondary N) is 1. The molecule has 1 amide bonds. The van der Waals surface area contributed by atoms with E-state index in [1.54, 1.807) is 0 Å². The molecule has 1 aliphatic rings. The fourth-order valence-electron chi connectivity index (χ4n) is 3.08.